The van der Waals surface area contributed by atoms with Gasteiger partial charge < -0.3 is 14.4 Å². The molecule has 0 N–H and O–H groups in total. The molecule has 1 aliphatic heterocycles. The molecule has 0 saturated carbocycles. The summed E-state index contributed by atoms with van der Waals surface area (Å²) in [4.78, 5) is 5.63. The third kappa shape index (κ3) is 6.34. The fourth-order valence-electron chi connectivity index (χ4n) is 3.96. The molecule has 6 heteroatoms. The Hall–Kier alpha value is -2.41. The first-order chi connectivity index (χ1) is 16.1. The van der Waals surface area contributed by atoms with Gasteiger partial charge in [-0.2, -0.15) is 0 Å². The third-order valence-corrected chi connectivity index (χ3v) is 6.77. The first-order valence-corrected chi connectivity index (χ1v) is 12.5. The van der Waals surface area contributed by atoms with Gasteiger partial charge in [0.2, 0.25) is 0 Å². The highest BCUT2D eigenvalue weighted by molar-refractivity contribution is 9.10. The van der Waals surface area contributed by atoms with Crippen molar-refractivity contribution in [1.29, 1.82) is 0 Å². The molecule has 0 unspecified atom stereocenters. The minimum atomic E-state index is 0.479. The summed E-state index contributed by atoms with van der Waals surface area (Å²) in [6.07, 6.45) is 0. The Balaban J connectivity index is 1.42. The quantitative estimate of drug-likeness (QED) is 0.340. The first kappa shape index (κ1) is 23.7. The predicted molar refractivity (Wildman–Crippen MR) is 141 cm³/mol. The highest BCUT2D eigenvalue weighted by atomic mass is 79.9. The molecule has 4 rings (SSSR count). The maximum atomic E-state index is 6.12. The van der Waals surface area contributed by atoms with Gasteiger partial charge in [-0.3, -0.25) is 4.90 Å². The molecule has 1 saturated heterocycles. The van der Waals surface area contributed by atoms with Crippen molar-refractivity contribution >= 4 is 33.1 Å². The van der Waals surface area contributed by atoms with Crippen molar-refractivity contribution < 1.29 is 9.47 Å². The van der Waals surface area contributed by atoms with Crippen LogP contribution in [0.2, 0.25) is 0 Å². The smallest absolute Gasteiger partial charge is 0.175 e. The van der Waals surface area contributed by atoms with Crippen molar-refractivity contribution in [3.63, 3.8) is 0 Å². The molecule has 0 aliphatic carbocycles. The topological polar surface area (TPSA) is 24.9 Å². The molecule has 1 aliphatic rings. The Morgan fingerprint density at radius 2 is 1.52 bits per heavy atom. The Bertz CT molecular complexity index is 1050. The summed E-state index contributed by atoms with van der Waals surface area (Å²) in [5.41, 5.74) is 3.44. The van der Waals surface area contributed by atoms with Crippen LogP contribution in [0, 0.1) is 0 Å². The summed E-state index contributed by atoms with van der Waals surface area (Å²) in [5, 5.41) is 0. The van der Waals surface area contributed by atoms with Crippen LogP contribution in [0.25, 0.3) is 0 Å². The molecule has 4 nitrogen and oxygen atoms in total. The largest absolute Gasteiger partial charge is 0.490 e. The van der Waals surface area contributed by atoms with E-state index in [1.54, 1.807) is 0 Å². The van der Waals surface area contributed by atoms with Gasteiger partial charge in [0.1, 0.15) is 11.6 Å². The summed E-state index contributed by atoms with van der Waals surface area (Å²) < 4.78 is 12.9. The van der Waals surface area contributed by atoms with Gasteiger partial charge in [-0.15, -0.1) is 0 Å². The fraction of sp³-hybridized carbons (Fsp3) is 0.296. The normalized spacial score (nSPS) is 14.2. The summed E-state index contributed by atoms with van der Waals surface area (Å²) in [5.74, 6) is 1.42. The maximum Gasteiger partial charge on any atom is 0.175 e. The second-order valence-electron chi connectivity index (χ2n) is 8.05. The lowest BCUT2D eigenvalue weighted by Crippen LogP contribution is -2.48. The zero-order chi connectivity index (χ0) is 23.0. The van der Waals surface area contributed by atoms with E-state index in [-0.39, 0.29) is 0 Å². The van der Waals surface area contributed by atoms with E-state index in [0.717, 1.165) is 53.3 Å². The van der Waals surface area contributed by atoms with Gasteiger partial charge in [0.25, 0.3) is 0 Å². The van der Waals surface area contributed by atoms with E-state index in [9.17, 15) is 0 Å². The number of thiocarbonyl (C=S) groups is 1. The Labute approximate surface area is 210 Å². The van der Waals surface area contributed by atoms with Crippen LogP contribution in [-0.2, 0) is 13.2 Å². The van der Waals surface area contributed by atoms with Crippen LogP contribution in [0.3, 0.4) is 0 Å². The summed E-state index contributed by atoms with van der Waals surface area (Å²) in [6.45, 7) is 7.81. The molecule has 1 heterocycles. The molecule has 0 atom stereocenters. The Morgan fingerprint density at radius 1 is 0.879 bits per heavy atom. The van der Waals surface area contributed by atoms with Crippen LogP contribution in [0.5, 0.6) is 11.5 Å². The molecule has 1 fully saturated rings. The van der Waals surface area contributed by atoms with Crippen molar-refractivity contribution in [2.24, 2.45) is 0 Å². The number of hydrogen-bond acceptors (Lipinski definition) is 4. The lowest BCUT2D eigenvalue weighted by Gasteiger charge is -2.36. The van der Waals surface area contributed by atoms with Gasteiger partial charge in [-0.05, 0) is 46.1 Å². The second kappa shape index (κ2) is 11.6. The molecule has 0 aromatic heterocycles. The minimum Gasteiger partial charge on any atom is -0.490 e. The SMILES string of the molecule is CCOc1cc(C(=S)N2CCN(Cc3ccccc3)CC2)cc(Br)c1OCc1ccccc1. The zero-order valence-corrected chi connectivity index (χ0v) is 21.3. The number of hydrogen-bond donors (Lipinski definition) is 0. The van der Waals surface area contributed by atoms with Crippen molar-refractivity contribution in [3.8, 4) is 11.5 Å². The number of halogens is 1. The highest BCUT2D eigenvalue weighted by Crippen LogP contribution is 2.38. The molecule has 0 radical (unpaired) electrons. The lowest BCUT2D eigenvalue weighted by atomic mass is 10.1. The van der Waals surface area contributed by atoms with Crippen LogP contribution >= 0.6 is 28.1 Å². The average molecular weight is 526 g/mol. The van der Waals surface area contributed by atoms with Gasteiger partial charge in [0.15, 0.2) is 11.5 Å². The summed E-state index contributed by atoms with van der Waals surface area (Å²) >= 11 is 9.58. The van der Waals surface area contributed by atoms with Gasteiger partial charge in [0, 0.05) is 38.3 Å². The molecule has 0 bridgehead atoms. The number of piperazine rings is 1. The number of nitrogens with zero attached hydrogens (tertiary/aromatic N) is 2. The molecule has 3 aromatic carbocycles. The molecule has 0 amide bonds. The third-order valence-electron chi connectivity index (χ3n) is 5.69. The van der Waals surface area contributed by atoms with Crippen LogP contribution in [-0.4, -0.2) is 47.6 Å². The molecule has 172 valence electrons. The summed E-state index contributed by atoms with van der Waals surface area (Å²) in [7, 11) is 0. The van der Waals surface area contributed by atoms with Crippen LogP contribution in [0.1, 0.15) is 23.6 Å². The zero-order valence-electron chi connectivity index (χ0n) is 18.9. The van der Waals surface area contributed by atoms with E-state index in [4.69, 9.17) is 21.7 Å². The lowest BCUT2D eigenvalue weighted by molar-refractivity contribution is 0.177. The van der Waals surface area contributed by atoms with Gasteiger partial charge >= 0.3 is 0 Å². The van der Waals surface area contributed by atoms with Gasteiger partial charge in [-0.1, -0.05) is 72.9 Å². The second-order valence-corrected chi connectivity index (χ2v) is 9.29. The highest BCUT2D eigenvalue weighted by Gasteiger charge is 2.22. The van der Waals surface area contributed by atoms with Crippen molar-refractivity contribution in [3.05, 3.63) is 94.0 Å². The molecular formula is C27H29BrN2O2S. The number of ether oxygens (including phenoxy) is 2. The van der Waals surface area contributed by atoms with Crippen molar-refractivity contribution in [2.75, 3.05) is 32.8 Å². The molecule has 3 aromatic rings. The molecule has 0 spiro atoms. The average Bonchev–Trinajstić information content (AvgIpc) is 2.85. The molecular weight excluding hydrogens is 496 g/mol. The minimum absolute atomic E-state index is 0.479. The Kier molecular flexibility index (Phi) is 8.37. The maximum absolute atomic E-state index is 6.12. The van der Waals surface area contributed by atoms with Crippen LogP contribution in [0.4, 0.5) is 0 Å². The van der Waals surface area contributed by atoms with E-state index in [1.807, 2.05) is 37.3 Å². The summed E-state index contributed by atoms with van der Waals surface area (Å²) in [6, 6.07) is 24.8. The van der Waals surface area contributed by atoms with E-state index in [2.05, 4.69) is 68.2 Å². The van der Waals surface area contributed by atoms with Crippen molar-refractivity contribution in [2.45, 2.75) is 20.1 Å². The van der Waals surface area contributed by atoms with Crippen LogP contribution < -0.4 is 9.47 Å². The number of rotatable bonds is 8. The van der Waals surface area contributed by atoms with Crippen LogP contribution in [0.15, 0.2) is 77.3 Å². The van der Waals surface area contributed by atoms with Crippen molar-refractivity contribution in [1.82, 2.24) is 9.80 Å². The Morgan fingerprint density at radius 3 is 2.15 bits per heavy atom. The van der Waals surface area contributed by atoms with E-state index in [0.29, 0.717) is 24.7 Å². The fourth-order valence-corrected chi connectivity index (χ4v) is 4.81. The monoisotopic (exact) mass is 524 g/mol. The van der Waals surface area contributed by atoms with E-state index in [1.165, 1.54) is 5.56 Å². The predicted octanol–water partition coefficient (Wildman–Crippen LogP) is 5.92. The molecule has 33 heavy (non-hydrogen) atoms. The number of benzene rings is 3. The first-order valence-electron chi connectivity index (χ1n) is 11.3. The van der Waals surface area contributed by atoms with E-state index >= 15 is 0 Å². The van der Waals surface area contributed by atoms with E-state index < -0.39 is 0 Å². The standard InChI is InChI=1S/C27H29BrN2O2S/c1-2-31-25-18-23(17-24(28)26(25)32-20-22-11-7-4-8-12-22)27(33)30-15-13-29(14-16-30)19-21-9-5-3-6-10-21/h3-12,17-18H,2,13-16,19-20H2,1H3. The van der Waals surface area contributed by atoms with Gasteiger partial charge in [0.05, 0.1) is 11.1 Å². The van der Waals surface area contributed by atoms with Gasteiger partial charge in [-0.25, -0.2) is 0 Å².